The lowest BCUT2D eigenvalue weighted by Gasteiger charge is -2.31. The number of hydrogen-bond donors (Lipinski definition) is 2. The van der Waals surface area contributed by atoms with Crippen molar-refractivity contribution in [3.63, 3.8) is 0 Å². The Bertz CT molecular complexity index is 687. The van der Waals surface area contributed by atoms with Crippen molar-refractivity contribution in [3.05, 3.63) is 54.2 Å². The first-order valence-electron chi connectivity index (χ1n) is 8.95. The van der Waals surface area contributed by atoms with Crippen molar-refractivity contribution in [3.8, 4) is 0 Å². The third-order valence-corrected chi connectivity index (χ3v) is 4.85. The van der Waals surface area contributed by atoms with Crippen LogP contribution in [0, 0.1) is 5.92 Å². The molecule has 132 valence electrons. The van der Waals surface area contributed by atoms with Crippen LogP contribution < -0.4 is 15.5 Å². The van der Waals surface area contributed by atoms with Crippen molar-refractivity contribution < 1.29 is 0 Å². The zero-order chi connectivity index (χ0) is 17.6. The number of benzene rings is 1. The normalized spacial score (nSPS) is 18.5. The molecule has 3 rings (SSSR count). The van der Waals surface area contributed by atoms with E-state index in [4.69, 9.17) is 12.2 Å². The van der Waals surface area contributed by atoms with Crippen molar-refractivity contribution in [1.82, 2.24) is 10.3 Å². The molecule has 1 aromatic heterocycles. The molecule has 2 heterocycles. The van der Waals surface area contributed by atoms with E-state index in [1.54, 1.807) is 0 Å². The Morgan fingerprint density at radius 2 is 2.04 bits per heavy atom. The van der Waals surface area contributed by atoms with E-state index in [-0.39, 0.29) is 6.04 Å². The average molecular weight is 355 g/mol. The number of nitrogens with one attached hydrogen (secondary N) is 2. The summed E-state index contributed by atoms with van der Waals surface area (Å²) >= 11 is 5.43. The maximum atomic E-state index is 5.43. The van der Waals surface area contributed by atoms with Gasteiger partial charge in [0.05, 0.1) is 17.9 Å². The SMILES string of the molecule is C[C@H]1CCCN(c2ccc(NC(=S)N[C@H](C)c3ccccc3)cn2)C1. The molecule has 1 aromatic carbocycles. The number of nitrogens with zero attached hydrogens (tertiary/aromatic N) is 2. The summed E-state index contributed by atoms with van der Waals surface area (Å²) in [7, 11) is 0. The van der Waals surface area contributed by atoms with Crippen LogP contribution >= 0.6 is 12.2 Å². The molecular formula is C20H26N4S. The van der Waals surface area contributed by atoms with Crippen LogP contribution in [0.3, 0.4) is 0 Å². The first-order chi connectivity index (χ1) is 12.1. The Morgan fingerprint density at radius 3 is 2.72 bits per heavy atom. The van der Waals surface area contributed by atoms with Crippen LogP contribution in [-0.2, 0) is 0 Å². The molecule has 1 fully saturated rings. The third-order valence-electron chi connectivity index (χ3n) is 4.63. The molecule has 5 heteroatoms. The molecule has 1 aliphatic heterocycles. The highest BCUT2D eigenvalue weighted by molar-refractivity contribution is 7.80. The van der Waals surface area contributed by atoms with Crippen LogP contribution in [0.25, 0.3) is 0 Å². The summed E-state index contributed by atoms with van der Waals surface area (Å²) in [5.74, 6) is 1.79. The summed E-state index contributed by atoms with van der Waals surface area (Å²) in [6.45, 7) is 6.59. The summed E-state index contributed by atoms with van der Waals surface area (Å²) in [5.41, 5.74) is 2.12. The van der Waals surface area contributed by atoms with Crippen LogP contribution in [0.4, 0.5) is 11.5 Å². The minimum Gasteiger partial charge on any atom is -0.356 e. The van der Waals surface area contributed by atoms with Crippen LogP contribution in [0.2, 0.25) is 0 Å². The first kappa shape index (κ1) is 17.7. The lowest BCUT2D eigenvalue weighted by Crippen LogP contribution is -2.34. The van der Waals surface area contributed by atoms with Crippen molar-refractivity contribution in [1.29, 1.82) is 0 Å². The number of piperidine rings is 1. The number of pyridine rings is 1. The summed E-state index contributed by atoms with van der Waals surface area (Å²) in [6, 6.07) is 14.5. The number of aromatic nitrogens is 1. The molecule has 2 N–H and O–H groups in total. The van der Waals surface area contributed by atoms with Gasteiger partial charge in [0.1, 0.15) is 5.82 Å². The molecule has 0 radical (unpaired) electrons. The zero-order valence-electron chi connectivity index (χ0n) is 14.9. The van der Waals surface area contributed by atoms with E-state index in [1.807, 2.05) is 30.5 Å². The lowest BCUT2D eigenvalue weighted by molar-refractivity contribution is 0.444. The second-order valence-corrected chi connectivity index (χ2v) is 7.24. The molecule has 2 aromatic rings. The quantitative estimate of drug-likeness (QED) is 0.798. The van der Waals surface area contributed by atoms with Gasteiger partial charge in [0.25, 0.3) is 0 Å². The molecule has 0 saturated carbocycles. The van der Waals surface area contributed by atoms with Crippen LogP contribution in [0.15, 0.2) is 48.7 Å². The maximum Gasteiger partial charge on any atom is 0.171 e. The van der Waals surface area contributed by atoms with Crippen molar-refractivity contribution >= 4 is 28.8 Å². The Kier molecular flexibility index (Phi) is 5.87. The highest BCUT2D eigenvalue weighted by Crippen LogP contribution is 2.22. The van der Waals surface area contributed by atoms with Crippen molar-refractivity contribution in [2.75, 3.05) is 23.3 Å². The van der Waals surface area contributed by atoms with Crippen LogP contribution in [-0.4, -0.2) is 23.2 Å². The number of rotatable bonds is 4. The predicted molar refractivity (Wildman–Crippen MR) is 109 cm³/mol. The average Bonchev–Trinajstić information content (AvgIpc) is 2.63. The van der Waals surface area contributed by atoms with Crippen LogP contribution in [0.1, 0.15) is 38.3 Å². The predicted octanol–water partition coefficient (Wildman–Crippen LogP) is 4.37. The molecule has 0 bridgehead atoms. The highest BCUT2D eigenvalue weighted by atomic mass is 32.1. The highest BCUT2D eigenvalue weighted by Gasteiger charge is 2.17. The Hall–Kier alpha value is -2.14. The van der Waals surface area contributed by atoms with Gasteiger partial charge in [0.2, 0.25) is 0 Å². The van der Waals surface area contributed by atoms with Gasteiger partial charge in [0, 0.05) is 13.1 Å². The minimum absolute atomic E-state index is 0.156. The maximum absolute atomic E-state index is 5.43. The number of anilines is 2. The zero-order valence-corrected chi connectivity index (χ0v) is 15.7. The molecule has 0 aliphatic carbocycles. The van der Waals surface area contributed by atoms with Gasteiger partial charge in [-0.25, -0.2) is 4.98 Å². The molecular weight excluding hydrogens is 328 g/mol. The summed E-state index contributed by atoms with van der Waals surface area (Å²) in [6.07, 6.45) is 4.42. The van der Waals surface area contributed by atoms with E-state index < -0.39 is 0 Å². The summed E-state index contributed by atoms with van der Waals surface area (Å²) in [5, 5.41) is 7.14. The number of hydrogen-bond acceptors (Lipinski definition) is 3. The molecule has 4 nitrogen and oxygen atoms in total. The van der Waals surface area contributed by atoms with E-state index in [1.165, 1.54) is 18.4 Å². The Balaban J connectivity index is 1.55. The van der Waals surface area contributed by atoms with E-state index in [9.17, 15) is 0 Å². The van der Waals surface area contributed by atoms with Crippen molar-refractivity contribution in [2.45, 2.75) is 32.7 Å². The molecule has 2 atom stereocenters. The second kappa shape index (κ2) is 8.30. The topological polar surface area (TPSA) is 40.2 Å². The van der Waals surface area contributed by atoms with Crippen molar-refractivity contribution in [2.24, 2.45) is 5.92 Å². The van der Waals surface area contributed by atoms with E-state index in [0.29, 0.717) is 5.11 Å². The van der Waals surface area contributed by atoms with Gasteiger partial charge in [-0.3, -0.25) is 0 Å². The van der Waals surface area contributed by atoms with E-state index in [0.717, 1.165) is 30.5 Å². The second-order valence-electron chi connectivity index (χ2n) is 6.83. The van der Waals surface area contributed by atoms with Gasteiger partial charge in [-0.2, -0.15) is 0 Å². The largest absolute Gasteiger partial charge is 0.356 e. The molecule has 1 aliphatic rings. The lowest BCUT2D eigenvalue weighted by atomic mass is 10.0. The van der Waals surface area contributed by atoms with E-state index in [2.05, 4.69) is 52.6 Å². The fraction of sp³-hybridized carbons (Fsp3) is 0.400. The van der Waals surface area contributed by atoms with Gasteiger partial charge in [-0.1, -0.05) is 37.3 Å². The van der Waals surface area contributed by atoms with Gasteiger partial charge >= 0.3 is 0 Å². The monoisotopic (exact) mass is 354 g/mol. The molecule has 0 spiro atoms. The van der Waals surface area contributed by atoms with Crippen LogP contribution in [0.5, 0.6) is 0 Å². The molecule has 0 unspecified atom stereocenters. The molecule has 25 heavy (non-hydrogen) atoms. The fourth-order valence-electron chi connectivity index (χ4n) is 3.23. The van der Waals surface area contributed by atoms with E-state index >= 15 is 0 Å². The minimum atomic E-state index is 0.156. The van der Waals surface area contributed by atoms with Gasteiger partial charge < -0.3 is 15.5 Å². The molecule has 0 amide bonds. The van der Waals surface area contributed by atoms with Gasteiger partial charge in [-0.15, -0.1) is 0 Å². The Morgan fingerprint density at radius 1 is 1.24 bits per heavy atom. The standard InChI is InChI=1S/C20H26N4S/c1-15-7-6-12-24(14-15)19-11-10-18(13-21-19)23-20(25)22-16(2)17-8-4-3-5-9-17/h3-5,8-11,13,15-16H,6-7,12,14H2,1-2H3,(H2,22,23,25)/t15-,16+/m0/s1. The van der Waals surface area contributed by atoms with Gasteiger partial charge in [-0.05, 0) is 55.6 Å². The van der Waals surface area contributed by atoms with Gasteiger partial charge in [0.15, 0.2) is 5.11 Å². The Labute approximate surface area is 155 Å². The molecule has 1 saturated heterocycles. The smallest absolute Gasteiger partial charge is 0.171 e. The summed E-state index contributed by atoms with van der Waals surface area (Å²) in [4.78, 5) is 6.97. The first-order valence-corrected chi connectivity index (χ1v) is 9.36. The third kappa shape index (κ3) is 4.92. The number of thiocarbonyl (C=S) groups is 1. The fourth-order valence-corrected chi connectivity index (χ4v) is 3.53. The summed E-state index contributed by atoms with van der Waals surface area (Å²) < 4.78 is 0.